The van der Waals surface area contributed by atoms with E-state index in [9.17, 15) is 22.8 Å². The zero-order chi connectivity index (χ0) is 19.3. The summed E-state index contributed by atoms with van der Waals surface area (Å²) in [4.78, 5) is 24.7. The number of carbonyl (C=O) groups excluding carboxylic acids is 1. The molecule has 0 aliphatic carbocycles. The highest BCUT2D eigenvalue weighted by Gasteiger charge is 2.33. The predicted octanol–water partition coefficient (Wildman–Crippen LogP) is 2.85. The largest absolute Gasteiger partial charge is 0.481 e. The van der Waals surface area contributed by atoms with Gasteiger partial charge in [0.25, 0.3) is 5.91 Å². The summed E-state index contributed by atoms with van der Waals surface area (Å²) in [5.74, 6) is -2.32. The van der Waals surface area contributed by atoms with Crippen LogP contribution in [0.25, 0.3) is 0 Å². The predicted molar refractivity (Wildman–Crippen MR) is 85.7 cm³/mol. The number of likely N-dealkylation sites (tertiary alicyclic amines) is 1. The van der Waals surface area contributed by atoms with Gasteiger partial charge in [-0.1, -0.05) is 12.1 Å². The molecule has 1 saturated heterocycles. The molecule has 1 fully saturated rings. The normalized spacial score (nSPS) is 16.1. The Labute approximate surface area is 147 Å². The van der Waals surface area contributed by atoms with Crippen molar-refractivity contribution in [3.63, 3.8) is 0 Å². The zero-order valence-corrected chi connectivity index (χ0v) is 13.6. The number of aliphatic carboxylic acids is 1. The summed E-state index contributed by atoms with van der Waals surface area (Å²) in [5.41, 5.74) is -1.79. The Morgan fingerprint density at radius 2 is 1.88 bits per heavy atom. The first-order valence-electron chi connectivity index (χ1n) is 7.78. The number of hydrogen-bond donors (Lipinski definition) is 2. The smallest absolute Gasteiger partial charge is 0.418 e. The van der Waals surface area contributed by atoms with Crippen molar-refractivity contribution < 1.29 is 27.9 Å². The Bertz CT molecular complexity index is 760. The van der Waals surface area contributed by atoms with Gasteiger partial charge in [-0.3, -0.25) is 9.59 Å². The number of carbonyl (C=O) groups is 2. The summed E-state index contributed by atoms with van der Waals surface area (Å²) in [6.45, 7) is 0.684. The van der Waals surface area contributed by atoms with Gasteiger partial charge < -0.3 is 15.3 Å². The fraction of sp³-hybridized carbons (Fsp3) is 0.353. The molecule has 2 N–H and O–H groups in total. The van der Waals surface area contributed by atoms with Crippen LogP contribution in [-0.4, -0.2) is 35.0 Å². The van der Waals surface area contributed by atoms with Crippen LogP contribution in [0.15, 0.2) is 36.0 Å². The molecule has 1 amide bonds. The first-order valence-corrected chi connectivity index (χ1v) is 7.78. The minimum Gasteiger partial charge on any atom is -0.481 e. The molecule has 1 aliphatic heterocycles. The van der Waals surface area contributed by atoms with E-state index in [1.807, 2.05) is 0 Å². The summed E-state index contributed by atoms with van der Waals surface area (Å²) < 4.78 is 38.9. The number of rotatable bonds is 4. The lowest BCUT2D eigenvalue weighted by atomic mass is 9.97. The van der Waals surface area contributed by atoms with Crippen molar-refractivity contribution in [3.05, 3.63) is 41.6 Å². The van der Waals surface area contributed by atoms with Gasteiger partial charge in [0.05, 0.1) is 17.2 Å². The molecule has 138 valence electrons. The second-order valence-electron chi connectivity index (χ2n) is 5.80. The molecule has 1 aromatic carbocycles. The Morgan fingerprint density at radius 3 is 2.42 bits per heavy atom. The Kier molecular flexibility index (Phi) is 5.87. The number of anilines is 1. The molecule has 9 heteroatoms. The molecule has 0 radical (unpaired) electrons. The van der Waals surface area contributed by atoms with Gasteiger partial charge >= 0.3 is 12.1 Å². The third-order valence-electron chi connectivity index (χ3n) is 4.04. The standard InChI is InChI=1S/C17H16F3N3O3/c18-17(19,20)13-3-1-2-4-14(13)22-15(24)12(9-21)10-23-7-5-11(6-8-23)16(25)26/h1-4,10-11H,5-8H2,(H,22,24)(H,25,26)/b12-10-. The molecule has 6 nitrogen and oxygen atoms in total. The molecular weight excluding hydrogens is 351 g/mol. The molecule has 0 saturated carbocycles. The van der Waals surface area contributed by atoms with Gasteiger partial charge in [0.1, 0.15) is 11.6 Å². The Balaban J connectivity index is 2.11. The third-order valence-corrected chi connectivity index (χ3v) is 4.04. The van der Waals surface area contributed by atoms with Gasteiger partial charge in [-0.2, -0.15) is 18.4 Å². The molecular formula is C17H16F3N3O3. The van der Waals surface area contributed by atoms with Gasteiger partial charge in [-0.05, 0) is 25.0 Å². The summed E-state index contributed by atoms with van der Waals surface area (Å²) in [6, 6.07) is 6.16. The number of benzene rings is 1. The number of nitrogens with zero attached hydrogens (tertiary/aromatic N) is 2. The first-order chi connectivity index (χ1) is 12.2. The summed E-state index contributed by atoms with van der Waals surface area (Å²) >= 11 is 0. The quantitative estimate of drug-likeness (QED) is 0.631. The van der Waals surface area contributed by atoms with Crippen molar-refractivity contribution in [1.29, 1.82) is 5.26 Å². The van der Waals surface area contributed by atoms with Gasteiger partial charge in [0.15, 0.2) is 0 Å². The maximum atomic E-state index is 13.0. The van der Waals surface area contributed by atoms with E-state index in [1.54, 1.807) is 11.0 Å². The Hall–Kier alpha value is -3.02. The number of nitriles is 1. The fourth-order valence-corrected chi connectivity index (χ4v) is 2.63. The molecule has 1 aliphatic rings. The minimum absolute atomic E-state index is 0.342. The zero-order valence-electron chi connectivity index (χ0n) is 13.6. The number of alkyl halides is 3. The topological polar surface area (TPSA) is 93.4 Å². The van der Waals surface area contributed by atoms with Crippen molar-refractivity contribution >= 4 is 17.6 Å². The maximum absolute atomic E-state index is 13.0. The highest BCUT2D eigenvalue weighted by atomic mass is 19.4. The molecule has 0 atom stereocenters. The van der Waals surface area contributed by atoms with E-state index in [1.165, 1.54) is 18.3 Å². The van der Waals surface area contributed by atoms with Crippen LogP contribution in [0.5, 0.6) is 0 Å². The second kappa shape index (κ2) is 7.91. The fourth-order valence-electron chi connectivity index (χ4n) is 2.63. The average molecular weight is 367 g/mol. The van der Waals surface area contributed by atoms with Crippen molar-refractivity contribution in [3.8, 4) is 6.07 Å². The van der Waals surface area contributed by atoms with Crippen LogP contribution < -0.4 is 5.32 Å². The highest BCUT2D eigenvalue weighted by Crippen LogP contribution is 2.34. The average Bonchev–Trinajstić information content (AvgIpc) is 2.59. The summed E-state index contributed by atoms with van der Waals surface area (Å²) in [7, 11) is 0. The molecule has 0 unspecified atom stereocenters. The number of halogens is 3. The minimum atomic E-state index is -4.64. The number of carboxylic acid groups (broad SMARTS) is 1. The molecule has 0 aromatic heterocycles. The molecule has 1 aromatic rings. The number of hydrogen-bond acceptors (Lipinski definition) is 4. The van der Waals surface area contributed by atoms with Gasteiger partial charge in [0.2, 0.25) is 0 Å². The van der Waals surface area contributed by atoms with E-state index in [0.29, 0.717) is 25.9 Å². The third kappa shape index (κ3) is 4.75. The summed E-state index contributed by atoms with van der Waals surface area (Å²) in [6.07, 6.45) is -2.66. The van der Waals surface area contributed by atoms with Crippen LogP contribution in [0.2, 0.25) is 0 Å². The first kappa shape index (κ1) is 19.3. The van der Waals surface area contributed by atoms with Gasteiger partial charge in [-0.15, -0.1) is 0 Å². The molecule has 0 spiro atoms. The summed E-state index contributed by atoms with van der Waals surface area (Å²) in [5, 5.41) is 20.2. The van der Waals surface area contributed by atoms with Crippen LogP contribution in [0, 0.1) is 17.2 Å². The lowest BCUT2D eigenvalue weighted by molar-refractivity contribution is -0.143. The van der Waals surface area contributed by atoms with Crippen LogP contribution in [0.1, 0.15) is 18.4 Å². The van der Waals surface area contributed by atoms with E-state index in [0.717, 1.165) is 12.1 Å². The van der Waals surface area contributed by atoms with Crippen LogP contribution >= 0.6 is 0 Å². The van der Waals surface area contributed by atoms with Gasteiger partial charge in [-0.25, -0.2) is 0 Å². The van der Waals surface area contributed by atoms with E-state index < -0.39 is 35.2 Å². The van der Waals surface area contributed by atoms with Crippen molar-refractivity contribution in [2.24, 2.45) is 5.92 Å². The number of carboxylic acids is 1. The number of nitrogens with one attached hydrogen (secondary N) is 1. The lowest BCUT2D eigenvalue weighted by Gasteiger charge is -2.29. The van der Waals surface area contributed by atoms with Crippen molar-refractivity contribution in [1.82, 2.24) is 4.90 Å². The second-order valence-corrected chi connectivity index (χ2v) is 5.80. The van der Waals surface area contributed by atoms with Gasteiger partial charge in [0, 0.05) is 19.3 Å². The molecule has 1 heterocycles. The number of amides is 1. The van der Waals surface area contributed by atoms with Crippen LogP contribution in [-0.2, 0) is 15.8 Å². The maximum Gasteiger partial charge on any atom is 0.418 e. The van der Waals surface area contributed by atoms with E-state index in [-0.39, 0.29) is 5.57 Å². The molecule has 0 bridgehead atoms. The monoisotopic (exact) mass is 367 g/mol. The van der Waals surface area contributed by atoms with Crippen LogP contribution in [0.4, 0.5) is 18.9 Å². The highest BCUT2D eigenvalue weighted by molar-refractivity contribution is 6.06. The SMILES string of the molecule is N#C/C(=C/N1CCC(C(=O)O)CC1)C(=O)Nc1ccccc1C(F)(F)F. The van der Waals surface area contributed by atoms with E-state index in [2.05, 4.69) is 5.32 Å². The van der Waals surface area contributed by atoms with Crippen molar-refractivity contribution in [2.45, 2.75) is 19.0 Å². The number of para-hydroxylation sites is 1. The van der Waals surface area contributed by atoms with Crippen molar-refractivity contribution in [2.75, 3.05) is 18.4 Å². The van der Waals surface area contributed by atoms with E-state index in [4.69, 9.17) is 10.4 Å². The molecule has 26 heavy (non-hydrogen) atoms. The number of piperidine rings is 1. The van der Waals surface area contributed by atoms with Crippen LogP contribution in [0.3, 0.4) is 0 Å². The van der Waals surface area contributed by atoms with E-state index >= 15 is 0 Å². The molecule has 2 rings (SSSR count). The lowest BCUT2D eigenvalue weighted by Crippen LogP contribution is -2.33. The Morgan fingerprint density at radius 1 is 1.27 bits per heavy atom.